The molecule has 0 radical (unpaired) electrons. The lowest BCUT2D eigenvalue weighted by atomic mass is 10.1. The van der Waals surface area contributed by atoms with Crippen LogP contribution >= 0.6 is 0 Å². The number of rotatable bonds is 1. The number of carbonyl (C=O) groups is 1. The second-order valence-electron chi connectivity index (χ2n) is 3.91. The lowest BCUT2D eigenvalue weighted by Crippen LogP contribution is -2.47. The first-order chi connectivity index (χ1) is 7.70. The van der Waals surface area contributed by atoms with Crippen LogP contribution in [0, 0.1) is 6.92 Å². The number of nitrogens with zero attached hydrogens (tertiary/aromatic N) is 1. The number of H-pyrrole nitrogens is 1. The van der Waals surface area contributed by atoms with E-state index < -0.39 is 0 Å². The lowest BCUT2D eigenvalue weighted by Gasteiger charge is -2.27. The molecule has 0 bridgehead atoms. The van der Waals surface area contributed by atoms with Gasteiger partial charge >= 0.3 is 0 Å². The molecule has 5 heteroatoms. The van der Waals surface area contributed by atoms with Crippen LogP contribution in [-0.2, 0) is 0 Å². The van der Waals surface area contributed by atoms with E-state index in [0.29, 0.717) is 13.1 Å². The van der Waals surface area contributed by atoms with Crippen molar-refractivity contribution in [2.24, 2.45) is 0 Å². The van der Waals surface area contributed by atoms with Crippen LogP contribution in [0.25, 0.3) is 0 Å². The maximum absolute atomic E-state index is 12.1. The molecular formula is C11H15N3O2. The zero-order valence-corrected chi connectivity index (χ0v) is 9.25. The number of piperazine rings is 1. The van der Waals surface area contributed by atoms with Gasteiger partial charge in [-0.05, 0) is 18.6 Å². The van der Waals surface area contributed by atoms with E-state index in [1.807, 2.05) is 0 Å². The number of nitrogens with one attached hydrogen (secondary N) is 2. The first-order valence-corrected chi connectivity index (χ1v) is 5.38. The van der Waals surface area contributed by atoms with Gasteiger partial charge in [0.1, 0.15) is 5.56 Å². The Labute approximate surface area is 93.5 Å². The van der Waals surface area contributed by atoms with Crippen LogP contribution < -0.4 is 10.9 Å². The summed E-state index contributed by atoms with van der Waals surface area (Å²) in [6, 6.07) is 1.75. The molecule has 5 nitrogen and oxygen atoms in total. The van der Waals surface area contributed by atoms with Crippen molar-refractivity contribution in [2.45, 2.75) is 6.92 Å². The number of hydrogen-bond donors (Lipinski definition) is 2. The van der Waals surface area contributed by atoms with E-state index in [2.05, 4.69) is 10.3 Å². The fourth-order valence-electron chi connectivity index (χ4n) is 1.87. The minimum Gasteiger partial charge on any atom is -0.336 e. The highest BCUT2D eigenvalue weighted by molar-refractivity contribution is 5.95. The molecule has 0 spiro atoms. The molecule has 1 aromatic heterocycles. The van der Waals surface area contributed by atoms with Gasteiger partial charge in [0, 0.05) is 32.4 Å². The van der Waals surface area contributed by atoms with Crippen LogP contribution in [0.4, 0.5) is 0 Å². The minimum atomic E-state index is -0.302. The molecule has 2 heterocycles. The van der Waals surface area contributed by atoms with Crippen LogP contribution in [0.2, 0.25) is 0 Å². The smallest absolute Gasteiger partial charge is 0.261 e. The van der Waals surface area contributed by atoms with E-state index in [4.69, 9.17) is 0 Å². The molecule has 0 atom stereocenters. The van der Waals surface area contributed by atoms with E-state index in [0.717, 1.165) is 18.7 Å². The van der Waals surface area contributed by atoms with E-state index in [9.17, 15) is 9.59 Å². The second-order valence-corrected chi connectivity index (χ2v) is 3.91. The predicted molar refractivity (Wildman–Crippen MR) is 60.6 cm³/mol. The molecule has 2 rings (SSSR count). The largest absolute Gasteiger partial charge is 0.336 e. The molecule has 1 amide bonds. The Bertz CT molecular complexity index is 447. The standard InChI is InChI=1S/C11H15N3O2/c1-8-2-3-13-10(15)9(8)11(16)14-6-4-12-5-7-14/h2-3,12H,4-7H2,1H3,(H,13,15). The van der Waals surface area contributed by atoms with Crippen molar-refractivity contribution in [3.63, 3.8) is 0 Å². The second kappa shape index (κ2) is 4.49. The van der Waals surface area contributed by atoms with E-state index in [1.54, 1.807) is 24.1 Å². The van der Waals surface area contributed by atoms with Crippen LogP contribution in [-0.4, -0.2) is 42.0 Å². The maximum Gasteiger partial charge on any atom is 0.261 e. The fourth-order valence-corrected chi connectivity index (χ4v) is 1.87. The minimum absolute atomic E-state index is 0.166. The quantitative estimate of drug-likeness (QED) is 0.686. The number of aromatic nitrogens is 1. The molecule has 86 valence electrons. The van der Waals surface area contributed by atoms with Crippen molar-refractivity contribution < 1.29 is 4.79 Å². The number of aromatic amines is 1. The third-order valence-electron chi connectivity index (χ3n) is 2.79. The van der Waals surface area contributed by atoms with Crippen molar-refractivity contribution in [2.75, 3.05) is 26.2 Å². The molecule has 0 saturated carbocycles. The maximum atomic E-state index is 12.1. The third kappa shape index (κ3) is 1.99. The molecular weight excluding hydrogens is 206 g/mol. The molecule has 2 N–H and O–H groups in total. The van der Waals surface area contributed by atoms with Gasteiger partial charge in [0.05, 0.1) is 0 Å². The Balaban J connectivity index is 2.29. The predicted octanol–water partition coefficient (Wildman–Crippen LogP) is -0.271. The summed E-state index contributed by atoms with van der Waals surface area (Å²) < 4.78 is 0. The number of amides is 1. The summed E-state index contributed by atoms with van der Waals surface area (Å²) in [5.74, 6) is -0.166. The summed E-state index contributed by atoms with van der Waals surface area (Å²) in [6.07, 6.45) is 1.56. The summed E-state index contributed by atoms with van der Waals surface area (Å²) >= 11 is 0. The number of aryl methyl sites for hydroxylation is 1. The molecule has 0 aromatic carbocycles. The average Bonchev–Trinajstić information content (AvgIpc) is 2.30. The van der Waals surface area contributed by atoms with Crippen molar-refractivity contribution in [1.82, 2.24) is 15.2 Å². The van der Waals surface area contributed by atoms with Gasteiger partial charge in [-0.25, -0.2) is 0 Å². The SMILES string of the molecule is Cc1cc[nH]c(=O)c1C(=O)N1CCNCC1. The molecule has 1 fully saturated rings. The molecule has 1 aliphatic rings. The third-order valence-corrected chi connectivity index (χ3v) is 2.79. The summed E-state index contributed by atoms with van der Waals surface area (Å²) in [6.45, 7) is 4.68. The molecule has 1 saturated heterocycles. The van der Waals surface area contributed by atoms with Crippen LogP contribution in [0.15, 0.2) is 17.1 Å². The van der Waals surface area contributed by atoms with Crippen molar-refractivity contribution in [3.05, 3.63) is 33.7 Å². The first kappa shape index (κ1) is 10.9. The van der Waals surface area contributed by atoms with E-state index >= 15 is 0 Å². The van der Waals surface area contributed by atoms with E-state index in [1.165, 1.54) is 0 Å². The van der Waals surface area contributed by atoms with Gasteiger partial charge in [-0.15, -0.1) is 0 Å². The van der Waals surface area contributed by atoms with Crippen molar-refractivity contribution >= 4 is 5.91 Å². The molecule has 1 aliphatic heterocycles. The highest BCUT2D eigenvalue weighted by Crippen LogP contribution is 2.06. The fraction of sp³-hybridized carbons (Fsp3) is 0.455. The first-order valence-electron chi connectivity index (χ1n) is 5.38. The summed E-state index contributed by atoms with van der Waals surface area (Å²) in [5, 5.41) is 3.17. The summed E-state index contributed by atoms with van der Waals surface area (Å²) in [4.78, 5) is 28.0. The zero-order chi connectivity index (χ0) is 11.5. The zero-order valence-electron chi connectivity index (χ0n) is 9.25. The van der Waals surface area contributed by atoms with Gasteiger partial charge < -0.3 is 15.2 Å². The molecule has 0 unspecified atom stereocenters. The van der Waals surface area contributed by atoms with Gasteiger partial charge in [-0.3, -0.25) is 9.59 Å². The monoisotopic (exact) mass is 221 g/mol. The van der Waals surface area contributed by atoms with Crippen LogP contribution in [0.1, 0.15) is 15.9 Å². The van der Waals surface area contributed by atoms with Gasteiger partial charge in [0.25, 0.3) is 11.5 Å². The Morgan fingerprint density at radius 1 is 1.38 bits per heavy atom. The lowest BCUT2D eigenvalue weighted by molar-refractivity contribution is 0.0733. The van der Waals surface area contributed by atoms with Gasteiger partial charge in [0.2, 0.25) is 0 Å². The Kier molecular flexibility index (Phi) is 3.05. The normalized spacial score (nSPS) is 16.2. The number of pyridine rings is 1. The van der Waals surface area contributed by atoms with Crippen molar-refractivity contribution in [1.29, 1.82) is 0 Å². The van der Waals surface area contributed by atoms with Crippen LogP contribution in [0.5, 0.6) is 0 Å². The highest BCUT2D eigenvalue weighted by Gasteiger charge is 2.21. The van der Waals surface area contributed by atoms with Gasteiger partial charge in [-0.1, -0.05) is 0 Å². The summed E-state index contributed by atoms with van der Waals surface area (Å²) in [7, 11) is 0. The van der Waals surface area contributed by atoms with E-state index in [-0.39, 0.29) is 17.0 Å². The summed E-state index contributed by atoms with van der Waals surface area (Å²) in [5.41, 5.74) is 0.695. The Morgan fingerprint density at radius 3 is 2.69 bits per heavy atom. The van der Waals surface area contributed by atoms with Gasteiger partial charge in [0.15, 0.2) is 0 Å². The Morgan fingerprint density at radius 2 is 2.06 bits per heavy atom. The van der Waals surface area contributed by atoms with Gasteiger partial charge in [-0.2, -0.15) is 0 Å². The average molecular weight is 221 g/mol. The molecule has 16 heavy (non-hydrogen) atoms. The highest BCUT2D eigenvalue weighted by atomic mass is 16.2. The Hall–Kier alpha value is -1.62. The number of hydrogen-bond acceptors (Lipinski definition) is 3. The molecule has 1 aromatic rings. The topological polar surface area (TPSA) is 65.2 Å². The van der Waals surface area contributed by atoms with Crippen LogP contribution in [0.3, 0.4) is 0 Å². The number of carbonyl (C=O) groups excluding carboxylic acids is 1. The molecule has 0 aliphatic carbocycles. The van der Waals surface area contributed by atoms with Crippen molar-refractivity contribution in [3.8, 4) is 0 Å².